The lowest BCUT2D eigenvalue weighted by Crippen LogP contribution is -2.50. The molecule has 244 valence electrons. The summed E-state index contributed by atoms with van der Waals surface area (Å²) in [7, 11) is 0. The lowest BCUT2D eigenvalue weighted by molar-refractivity contribution is -0.253. The number of rotatable bonds is 11. The molecule has 6 rings (SSSR count). The monoisotopic (exact) mass is 635 g/mol. The number of nitrogens with zero attached hydrogens (tertiary/aromatic N) is 4. The van der Waals surface area contributed by atoms with Gasteiger partial charge in [0.1, 0.15) is 6.61 Å². The second-order valence-electron chi connectivity index (χ2n) is 11.7. The molecule has 1 amide bonds. The van der Waals surface area contributed by atoms with E-state index in [0.717, 1.165) is 78.5 Å². The van der Waals surface area contributed by atoms with Crippen LogP contribution < -0.4 is 10.2 Å². The molecule has 0 saturated carbocycles. The number of hydrogen-bond donors (Lipinski definition) is 2. The Bertz CT molecular complexity index is 1590. The molecule has 3 atom stereocenters. The first kappa shape index (κ1) is 32.3. The molecule has 0 unspecified atom stereocenters. The van der Waals surface area contributed by atoms with Gasteiger partial charge in [-0.2, -0.15) is 0 Å². The number of aliphatic hydroxyl groups excluding tert-OH is 1. The molecule has 1 aromatic heterocycles. The number of aliphatic hydroxyl groups is 1. The van der Waals surface area contributed by atoms with E-state index >= 15 is 0 Å². The average Bonchev–Trinajstić information content (AvgIpc) is 3.14. The number of nitrogens with one attached hydrogen (secondary N) is 1. The van der Waals surface area contributed by atoms with Gasteiger partial charge < -0.3 is 29.5 Å². The fourth-order valence-corrected chi connectivity index (χ4v) is 6.03. The van der Waals surface area contributed by atoms with E-state index in [-0.39, 0.29) is 25.4 Å². The minimum Gasteiger partial charge on any atom is -0.445 e. The first-order valence-electron chi connectivity index (χ1n) is 16.0. The van der Waals surface area contributed by atoms with Gasteiger partial charge in [-0.1, -0.05) is 85.5 Å². The number of carbonyl (C=O) groups excluding carboxylic acids is 1. The van der Waals surface area contributed by atoms with E-state index < -0.39 is 12.4 Å². The second kappa shape index (κ2) is 15.8. The summed E-state index contributed by atoms with van der Waals surface area (Å²) >= 11 is 0. The Balaban J connectivity index is 1.15. The molecule has 2 saturated heterocycles. The molecule has 10 heteroatoms. The van der Waals surface area contributed by atoms with Gasteiger partial charge in [0.2, 0.25) is 5.95 Å². The van der Waals surface area contributed by atoms with Gasteiger partial charge in [-0.25, -0.2) is 14.8 Å². The highest BCUT2D eigenvalue weighted by Gasteiger charge is 2.34. The first-order valence-corrected chi connectivity index (χ1v) is 16.0. The molecule has 0 aliphatic carbocycles. The summed E-state index contributed by atoms with van der Waals surface area (Å²) in [5.74, 6) is 0.772. The number of aromatic nitrogens is 2. The van der Waals surface area contributed by atoms with Crippen LogP contribution in [0.3, 0.4) is 0 Å². The van der Waals surface area contributed by atoms with Crippen molar-refractivity contribution in [3.05, 3.63) is 126 Å². The van der Waals surface area contributed by atoms with Crippen LogP contribution in [0.2, 0.25) is 0 Å². The van der Waals surface area contributed by atoms with E-state index in [4.69, 9.17) is 14.2 Å². The summed E-state index contributed by atoms with van der Waals surface area (Å²) in [6, 6.07) is 26.0. The van der Waals surface area contributed by atoms with Crippen molar-refractivity contribution < 1.29 is 24.1 Å². The number of hydrogen-bond acceptors (Lipinski definition) is 9. The minimum absolute atomic E-state index is 0.00506. The third kappa shape index (κ3) is 8.41. The Morgan fingerprint density at radius 2 is 1.66 bits per heavy atom. The first-order chi connectivity index (χ1) is 23.1. The number of alkyl carbamates (subject to hydrolysis) is 1. The average molecular weight is 636 g/mol. The van der Waals surface area contributed by atoms with Crippen LogP contribution >= 0.6 is 0 Å². The zero-order valence-corrected chi connectivity index (χ0v) is 26.4. The Morgan fingerprint density at radius 1 is 0.936 bits per heavy atom. The van der Waals surface area contributed by atoms with Crippen LogP contribution in [-0.2, 0) is 27.4 Å². The zero-order chi connectivity index (χ0) is 32.4. The van der Waals surface area contributed by atoms with Gasteiger partial charge in [0.25, 0.3) is 0 Å². The quantitative estimate of drug-likeness (QED) is 0.209. The van der Waals surface area contributed by atoms with E-state index in [0.29, 0.717) is 6.54 Å². The van der Waals surface area contributed by atoms with Crippen LogP contribution in [0.1, 0.15) is 41.1 Å². The molecule has 0 spiro atoms. The maximum atomic E-state index is 12.0. The number of amides is 1. The molecule has 2 aliphatic heterocycles. The predicted molar refractivity (Wildman–Crippen MR) is 179 cm³/mol. The predicted octanol–water partition coefficient (Wildman–Crippen LogP) is 5.42. The second-order valence-corrected chi connectivity index (χ2v) is 11.7. The maximum Gasteiger partial charge on any atom is 0.407 e. The Labute approximate surface area is 275 Å². The fourth-order valence-electron chi connectivity index (χ4n) is 6.03. The highest BCUT2D eigenvalue weighted by atomic mass is 16.7. The SMILES string of the molecule is C=CCOC(=O)NCc1ccccc1-c1ccc([C@@H]2O[C@H](CN3CCN(c4ncccn4)CC3)C[C@H](c3ccc(CO)cc3)O2)cc1. The van der Waals surface area contributed by atoms with Crippen molar-refractivity contribution in [2.75, 3.05) is 44.2 Å². The van der Waals surface area contributed by atoms with E-state index in [9.17, 15) is 9.90 Å². The maximum absolute atomic E-state index is 12.0. The lowest BCUT2D eigenvalue weighted by atomic mass is 9.97. The van der Waals surface area contributed by atoms with Gasteiger partial charge in [-0.3, -0.25) is 4.90 Å². The van der Waals surface area contributed by atoms with Crippen molar-refractivity contribution >= 4 is 12.0 Å². The summed E-state index contributed by atoms with van der Waals surface area (Å²) in [6.45, 7) is 8.39. The molecule has 2 fully saturated rings. The molecule has 3 heterocycles. The Hall–Kier alpha value is -4.61. The molecule has 2 aliphatic rings. The van der Waals surface area contributed by atoms with Crippen molar-refractivity contribution in [2.24, 2.45) is 0 Å². The fraction of sp³-hybridized carbons (Fsp3) is 0.324. The third-order valence-electron chi connectivity index (χ3n) is 8.55. The number of ether oxygens (including phenoxy) is 3. The van der Waals surface area contributed by atoms with Crippen molar-refractivity contribution in [3.8, 4) is 11.1 Å². The van der Waals surface area contributed by atoms with Gasteiger partial charge in [-0.15, -0.1) is 0 Å². The van der Waals surface area contributed by atoms with E-state index in [1.54, 1.807) is 12.4 Å². The number of benzene rings is 3. The number of anilines is 1. The Morgan fingerprint density at radius 3 is 2.38 bits per heavy atom. The molecular weight excluding hydrogens is 594 g/mol. The lowest BCUT2D eigenvalue weighted by Gasteiger charge is -2.40. The summed E-state index contributed by atoms with van der Waals surface area (Å²) in [4.78, 5) is 25.5. The molecule has 0 bridgehead atoms. The number of piperazine rings is 1. The van der Waals surface area contributed by atoms with Gasteiger partial charge in [0.05, 0.1) is 18.8 Å². The molecule has 3 aromatic carbocycles. The zero-order valence-electron chi connectivity index (χ0n) is 26.4. The summed E-state index contributed by atoms with van der Waals surface area (Å²) < 4.78 is 18.3. The van der Waals surface area contributed by atoms with Crippen LogP contribution in [0.25, 0.3) is 11.1 Å². The highest BCUT2D eigenvalue weighted by Crippen LogP contribution is 2.39. The van der Waals surface area contributed by atoms with Gasteiger partial charge >= 0.3 is 6.09 Å². The molecule has 10 nitrogen and oxygen atoms in total. The largest absolute Gasteiger partial charge is 0.445 e. The van der Waals surface area contributed by atoms with Gasteiger partial charge in [0.15, 0.2) is 6.29 Å². The third-order valence-corrected chi connectivity index (χ3v) is 8.55. The van der Waals surface area contributed by atoms with E-state index in [2.05, 4.69) is 55.9 Å². The van der Waals surface area contributed by atoms with Crippen molar-refractivity contribution in [1.29, 1.82) is 0 Å². The van der Waals surface area contributed by atoms with Crippen LogP contribution in [0.4, 0.5) is 10.7 Å². The summed E-state index contributed by atoms with van der Waals surface area (Å²) in [5.41, 5.74) is 5.89. The molecule has 0 radical (unpaired) electrons. The summed E-state index contributed by atoms with van der Waals surface area (Å²) in [5, 5.41) is 12.4. The van der Waals surface area contributed by atoms with Crippen molar-refractivity contribution in [3.63, 3.8) is 0 Å². The topological polar surface area (TPSA) is 109 Å². The summed E-state index contributed by atoms with van der Waals surface area (Å²) in [6.07, 6.45) is 4.61. The smallest absolute Gasteiger partial charge is 0.407 e. The molecule has 2 N–H and O–H groups in total. The normalized spacial score (nSPS) is 20.0. The van der Waals surface area contributed by atoms with Crippen LogP contribution in [0.15, 0.2) is 104 Å². The molecule has 47 heavy (non-hydrogen) atoms. The van der Waals surface area contributed by atoms with Gasteiger partial charge in [0, 0.05) is 63.6 Å². The number of carbonyl (C=O) groups is 1. The standard InChI is InChI=1S/C37H41N5O5/c1-2-22-45-37(44)40-24-31-6-3-4-7-33(31)28-12-14-30(15-13-28)35-46-32(23-34(47-35)29-10-8-27(26-43)9-11-29)25-41-18-20-42(21-19-41)36-38-16-5-17-39-36/h2-17,32,34-35,43H,1,18-26H2,(H,40,44)/t32-,34+,35+/m0/s1. The van der Waals surface area contributed by atoms with Crippen LogP contribution in [0, 0.1) is 0 Å². The van der Waals surface area contributed by atoms with Gasteiger partial charge in [-0.05, 0) is 33.9 Å². The van der Waals surface area contributed by atoms with E-state index in [1.165, 1.54) is 6.08 Å². The highest BCUT2D eigenvalue weighted by molar-refractivity contribution is 5.70. The van der Waals surface area contributed by atoms with Crippen molar-refractivity contribution in [1.82, 2.24) is 20.2 Å². The van der Waals surface area contributed by atoms with E-state index in [1.807, 2.05) is 54.6 Å². The molecular formula is C37H41N5O5. The van der Waals surface area contributed by atoms with Crippen molar-refractivity contribution in [2.45, 2.75) is 38.1 Å². The van der Waals surface area contributed by atoms with Crippen LogP contribution in [0.5, 0.6) is 0 Å². The minimum atomic E-state index is -0.541. The molecule has 4 aromatic rings. The Kier molecular flexibility index (Phi) is 10.9. The van der Waals surface area contributed by atoms with Crippen LogP contribution in [-0.4, -0.2) is 71.5 Å².